The molecule has 0 radical (unpaired) electrons. The standard InChI is InChI=1S/C28H41O2P/c1-16(2)20-12-22(18(5)6)26-24(14-20)25-15-21(17(3)4)13-23(19(7)8)27(25)30-31(29-26)28(9,10)11/h12-19H,1-11H3. The molecule has 0 atom stereocenters. The van der Waals surface area contributed by atoms with E-state index in [4.69, 9.17) is 8.39 Å². The Morgan fingerprint density at radius 2 is 0.935 bits per heavy atom. The van der Waals surface area contributed by atoms with Crippen LogP contribution in [0.3, 0.4) is 0 Å². The van der Waals surface area contributed by atoms with E-state index >= 15 is 0 Å². The summed E-state index contributed by atoms with van der Waals surface area (Å²) in [6.45, 7) is 24.8. The highest BCUT2D eigenvalue weighted by molar-refractivity contribution is 7.38. The van der Waals surface area contributed by atoms with Gasteiger partial charge in [0, 0.05) is 10.8 Å². The summed E-state index contributed by atoms with van der Waals surface area (Å²) in [6.07, 6.45) is 0. The first kappa shape index (κ1) is 24.0. The second-order valence-electron chi connectivity index (χ2n) is 11.2. The molecule has 0 spiro atoms. The summed E-state index contributed by atoms with van der Waals surface area (Å²) in [7, 11) is -1.14. The summed E-state index contributed by atoms with van der Waals surface area (Å²) in [4.78, 5) is 0. The fraction of sp³-hybridized carbons (Fsp3) is 0.571. The van der Waals surface area contributed by atoms with Crippen molar-refractivity contribution in [2.75, 3.05) is 0 Å². The van der Waals surface area contributed by atoms with E-state index in [-0.39, 0.29) is 5.16 Å². The molecule has 1 aromatic heterocycles. The van der Waals surface area contributed by atoms with Crippen LogP contribution in [-0.2, 0) is 5.16 Å². The van der Waals surface area contributed by atoms with Crippen LogP contribution >= 0.6 is 8.01 Å². The van der Waals surface area contributed by atoms with E-state index < -0.39 is 8.01 Å². The lowest BCUT2D eigenvalue weighted by molar-refractivity contribution is 0.560. The zero-order valence-corrected chi connectivity index (χ0v) is 22.3. The molecular weight excluding hydrogens is 399 g/mol. The van der Waals surface area contributed by atoms with Gasteiger partial charge in [-0.1, -0.05) is 67.5 Å². The van der Waals surface area contributed by atoms with Gasteiger partial charge >= 0.3 is 0 Å². The second-order valence-corrected chi connectivity index (χ2v) is 13.4. The van der Waals surface area contributed by atoms with Crippen LogP contribution in [0.15, 0.2) is 32.7 Å². The third-order valence-electron chi connectivity index (χ3n) is 6.04. The Kier molecular flexibility index (Phi) is 6.73. The molecule has 1 heterocycles. The van der Waals surface area contributed by atoms with Crippen molar-refractivity contribution in [3.8, 4) is 0 Å². The van der Waals surface area contributed by atoms with Gasteiger partial charge in [-0.2, -0.15) is 0 Å². The normalized spacial score (nSPS) is 12.9. The van der Waals surface area contributed by atoms with E-state index in [0.29, 0.717) is 23.7 Å². The van der Waals surface area contributed by atoms with Crippen molar-refractivity contribution in [2.45, 2.75) is 105 Å². The van der Waals surface area contributed by atoms with Crippen molar-refractivity contribution in [1.82, 2.24) is 0 Å². The first-order chi connectivity index (χ1) is 14.3. The first-order valence-corrected chi connectivity index (χ1v) is 13.0. The quantitative estimate of drug-likeness (QED) is 0.403. The van der Waals surface area contributed by atoms with Crippen molar-refractivity contribution >= 4 is 30.0 Å². The summed E-state index contributed by atoms with van der Waals surface area (Å²) < 4.78 is 13.6. The Labute approximate surface area is 190 Å². The fourth-order valence-electron chi connectivity index (χ4n) is 3.94. The molecule has 0 N–H and O–H groups in total. The van der Waals surface area contributed by atoms with Gasteiger partial charge in [0.05, 0.1) is 5.16 Å². The van der Waals surface area contributed by atoms with Gasteiger partial charge in [0.1, 0.15) is 11.2 Å². The highest BCUT2D eigenvalue weighted by atomic mass is 31.1. The number of benzene rings is 2. The maximum Gasteiger partial charge on any atom is 0.222 e. The van der Waals surface area contributed by atoms with Gasteiger partial charge in [-0.25, -0.2) is 0 Å². The van der Waals surface area contributed by atoms with Crippen LogP contribution in [0.2, 0.25) is 0 Å². The number of hydrogen-bond donors (Lipinski definition) is 0. The van der Waals surface area contributed by atoms with Gasteiger partial charge in [0.25, 0.3) is 0 Å². The minimum atomic E-state index is -1.14. The van der Waals surface area contributed by atoms with Crippen molar-refractivity contribution in [3.05, 3.63) is 46.5 Å². The van der Waals surface area contributed by atoms with E-state index in [1.54, 1.807) is 0 Å². The maximum atomic E-state index is 6.81. The smallest absolute Gasteiger partial charge is 0.222 e. The number of hydrogen-bond acceptors (Lipinski definition) is 2. The number of fused-ring (bicyclic) bond motifs is 3. The van der Waals surface area contributed by atoms with Crippen LogP contribution in [0.25, 0.3) is 21.9 Å². The number of rotatable bonds is 4. The van der Waals surface area contributed by atoms with Gasteiger partial charge in [-0.3, -0.25) is 0 Å². The molecule has 170 valence electrons. The minimum absolute atomic E-state index is 0.0931. The van der Waals surface area contributed by atoms with Crippen LogP contribution in [0.1, 0.15) is 122 Å². The third kappa shape index (κ3) is 4.75. The molecule has 31 heavy (non-hydrogen) atoms. The Balaban J connectivity index is 2.71. The average molecular weight is 441 g/mol. The predicted molar refractivity (Wildman–Crippen MR) is 138 cm³/mol. The lowest BCUT2D eigenvalue weighted by atomic mass is 9.89. The van der Waals surface area contributed by atoms with Crippen LogP contribution in [-0.4, -0.2) is 0 Å². The van der Waals surface area contributed by atoms with Crippen molar-refractivity contribution in [1.29, 1.82) is 0 Å². The first-order valence-electron chi connectivity index (χ1n) is 11.8. The van der Waals surface area contributed by atoms with Gasteiger partial charge in [-0.05, 0) is 78.8 Å². The molecular formula is C28H41O2P. The average Bonchev–Trinajstić information content (AvgIpc) is 2.82. The van der Waals surface area contributed by atoms with Crippen LogP contribution in [0, 0.1) is 0 Å². The van der Waals surface area contributed by atoms with Gasteiger partial charge in [0.2, 0.25) is 8.01 Å². The second kappa shape index (κ2) is 8.70. The molecule has 0 saturated heterocycles. The van der Waals surface area contributed by atoms with E-state index in [0.717, 1.165) is 11.2 Å². The largest absolute Gasteiger partial charge is 0.418 e. The lowest BCUT2D eigenvalue weighted by Gasteiger charge is -2.16. The molecule has 0 aliphatic heterocycles. The Bertz CT molecular complexity index is 1040. The predicted octanol–water partition coefficient (Wildman–Crippen LogP) is 10.5. The molecule has 0 bridgehead atoms. The summed E-state index contributed by atoms with van der Waals surface area (Å²) in [6, 6.07) is 9.41. The molecule has 0 aliphatic carbocycles. The summed E-state index contributed by atoms with van der Waals surface area (Å²) in [5.74, 6) is 1.67. The molecule has 0 saturated carbocycles. The molecule has 2 nitrogen and oxygen atoms in total. The van der Waals surface area contributed by atoms with Crippen molar-refractivity contribution in [2.24, 2.45) is 0 Å². The maximum absolute atomic E-state index is 6.81. The van der Waals surface area contributed by atoms with E-state index in [1.165, 1.54) is 33.0 Å². The summed E-state index contributed by atoms with van der Waals surface area (Å²) in [5.41, 5.74) is 7.34. The molecule has 3 heteroatoms. The summed E-state index contributed by atoms with van der Waals surface area (Å²) in [5, 5.41) is 2.30. The topological polar surface area (TPSA) is 26.3 Å². The zero-order valence-electron chi connectivity index (χ0n) is 21.4. The Morgan fingerprint density at radius 1 is 0.581 bits per heavy atom. The molecule has 0 aliphatic rings. The molecule has 0 fully saturated rings. The van der Waals surface area contributed by atoms with Crippen molar-refractivity contribution in [3.63, 3.8) is 0 Å². The lowest BCUT2D eigenvalue weighted by Crippen LogP contribution is -2.00. The molecule has 3 aromatic rings. The minimum Gasteiger partial charge on any atom is -0.418 e. The zero-order chi connectivity index (χ0) is 23.2. The van der Waals surface area contributed by atoms with Crippen LogP contribution in [0.5, 0.6) is 0 Å². The third-order valence-corrected chi connectivity index (χ3v) is 7.84. The van der Waals surface area contributed by atoms with Crippen LogP contribution in [0.4, 0.5) is 0 Å². The van der Waals surface area contributed by atoms with E-state index in [2.05, 4.69) is 100 Å². The molecule has 2 aromatic carbocycles. The van der Waals surface area contributed by atoms with E-state index in [1.807, 2.05) is 0 Å². The highest BCUT2D eigenvalue weighted by Crippen LogP contribution is 2.49. The Hall–Kier alpha value is -1.66. The highest BCUT2D eigenvalue weighted by Gasteiger charge is 2.24. The SMILES string of the molecule is CC(C)c1cc(C(C)C)c2op(C(C)(C)C)oc3c(C(C)C)cc(C(C)C)cc3c2c1. The van der Waals surface area contributed by atoms with Gasteiger partial charge in [0.15, 0.2) is 0 Å². The monoisotopic (exact) mass is 440 g/mol. The summed E-state index contributed by atoms with van der Waals surface area (Å²) >= 11 is 0. The van der Waals surface area contributed by atoms with Gasteiger partial charge in [-0.15, -0.1) is 0 Å². The molecule has 0 unspecified atom stereocenters. The molecule has 0 amide bonds. The fourth-order valence-corrected chi connectivity index (χ4v) is 5.26. The van der Waals surface area contributed by atoms with E-state index in [9.17, 15) is 0 Å². The van der Waals surface area contributed by atoms with Gasteiger partial charge < -0.3 is 8.39 Å². The van der Waals surface area contributed by atoms with Crippen LogP contribution < -0.4 is 0 Å². The van der Waals surface area contributed by atoms with Crippen molar-refractivity contribution < 1.29 is 8.39 Å². The molecule has 3 rings (SSSR count). The Morgan fingerprint density at radius 3 is 1.19 bits per heavy atom.